The van der Waals surface area contributed by atoms with Crippen molar-refractivity contribution in [2.24, 2.45) is 10.7 Å². The summed E-state index contributed by atoms with van der Waals surface area (Å²) in [6.07, 6.45) is 1.69. The van der Waals surface area contributed by atoms with Crippen LogP contribution >= 0.6 is 12.2 Å². The maximum absolute atomic E-state index is 5.67. The number of fused-ring (bicyclic) bond motifs is 1. The molecule has 3 rings (SSSR count). The van der Waals surface area contributed by atoms with Gasteiger partial charge in [0.25, 0.3) is 0 Å². The van der Waals surface area contributed by atoms with Crippen molar-refractivity contribution in [1.82, 2.24) is 15.6 Å². The minimum absolute atomic E-state index is 0.236. The SMILES string of the molecule is NC1=N[C@H](c2c[nH]c3ccccc23)NC(=S)N1. The van der Waals surface area contributed by atoms with Crippen molar-refractivity contribution in [2.75, 3.05) is 0 Å². The first kappa shape index (κ1) is 10.1. The van der Waals surface area contributed by atoms with Crippen molar-refractivity contribution in [3.63, 3.8) is 0 Å². The lowest BCUT2D eigenvalue weighted by Crippen LogP contribution is -2.49. The number of aliphatic imine (C=N–C) groups is 1. The molecule has 1 aromatic heterocycles. The molecule has 0 aliphatic carbocycles. The molecule has 0 saturated carbocycles. The molecule has 2 heterocycles. The van der Waals surface area contributed by atoms with Crippen LogP contribution < -0.4 is 16.4 Å². The highest BCUT2D eigenvalue weighted by Crippen LogP contribution is 2.25. The Morgan fingerprint density at radius 3 is 2.94 bits per heavy atom. The fourth-order valence-corrected chi connectivity index (χ4v) is 2.16. The lowest BCUT2D eigenvalue weighted by atomic mass is 10.1. The number of nitrogens with zero attached hydrogens (tertiary/aromatic N) is 1. The van der Waals surface area contributed by atoms with E-state index in [1.807, 2.05) is 30.5 Å². The number of guanidine groups is 1. The number of aromatic amines is 1. The van der Waals surface area contributed by atoms with Crippen LogP contribution in [0.3, 0.4) is 0 Å². The molecule has 0 bridgehead atoms. The first-order chi connectivity index (χ1) is 8.24. The number of hydrogen-bond acceptors (Lipinski definition) is 3. The van der Waals surface area contributed by atoms with E-state index in [2.05, 4.69) is 20.6 Å². The van der Waals surface area contributed by atoms with E-state index in [0.29, 0.717) is 11.1 Å². The first-order valence-corrected chi connectivity index (χ1v) is 5.61. The second-order valence-corrected chi connectivity index (χ2v) is 4.21. The molecule has 0 radical (unpaired) electrons. The minimum Gasteiger partial charge on any atom is -0.370 e. The van der Waals surface area contributed by atoms with Crippen LogP contribution in [0.2, 0.25) is 0 Å². The summed E-state index contributed by atoms with van der Waals surface area (Å²) in [7, 11) is 0. The first-order valence-electron chi connectivity index (χ1n) is 5.21. The number of nitrogens with one attached hydrogen (secondary N) is 3. The maximum Gasteiger partial charge on any atom is 0.197 e. The normalized spacial score (nSPS) is 19.6. The second-order valence-electron chi connectivity index (χ2n) is 3.80. The second kappa shape index (κ2) is 3.74. The zero-order valence-electron chi connectivity index (χ0n) is 8.90. The number of H-pyrrole nitrogens is 1. The van der Waals surface area contributed by atoms with Crippen molar-refractivity contribution in [3.05, 3.63) is 36.0 Å². The third-order valence-corrected chi connectivity index (χ3v) is 2.91. The molecule has 0 amide bonds. The van der Waals surface area contributed by atoms with Crippen LogP contribution in [0.4, 0.5) is 0 Å². The van der Waals surface area contributed by atoms with Gasteiger partial charge in [0.2, 0.25) is 0 Å². The number of rotatable bonds is 1. The van der Waals surface area contributed by atoms with Crippen LogP contribution in [0.25, 0.3) is 10.9 Å². The summed E-state index contributed by atoms with van der Waals surface area (Å²) in [6, 6.07) is 8.04. The zero-order chi connectivity index (χ0) is 11.8. The van der Waals surface area contributed by atoms with Gasteiger partial charge >= 0.3 is 0 Å². The van der Waals surface area contributed by atoms with Crippen molar-refractivity contribution in [2.45, 2.75) is 6.17 Å². The molecule has 17 heavy (non-hydrogen) atoms. The van der Waals surface area contributed by atoms with Gasteiger partial charge in [-0.25, -0.2) is 4.99 Å². The Labute approximate surface area is 103 Å². The fourth-order valence-electron chi connectivity index (χ4n) is 1.95. The molecular weight excluding hydrogens is 234 g/mol. The van der Waals surface area contributed by atoms with Gasteiger partial charge in [-0.3, -0.25) is 0 Å². The minimum atomic E-state index is -0.236. The van der Waals surface area contributed by atoms with E-state index >= 15 is 0 Å². The number of benzene rings is 1. The summed E-state index contributed by atoms with van der Waals surface area (Å²) >= 11 is 5.06. The van der Waals surface area contributed by atoms with E-state index < -0.39 is 0 Å². The standard InChI is InChI=1S/C11H11N5S/c12-10-14-9(15-11(17)16-10)7-5-13-8-4-2-1-3-6(7)8/h1-5,9,13H,(H4,12,14,15,16,17)/t9-/m0/s1. The van der Waals surface area contributed by atoms with Crippen LogP contribution in [0.15, 0.2) is 35.5 Å². The third kappa shape index (κ3) is 1.72. The molecule has 5 N–H and O–H groups in total. The predicted octanol–water partition coefficient (Wildman–Crippen LogP) is 0.959. The lowest BCUT2D eigenvalue weighted by molar-refractivity contribution is 0.665. The van der Waals surface area contributed by atoms with Crippen molar-refractivity contribution < 1.29 is 0 Å². The molecular formula is C11H11N5S. The average Bonchev–Trinajstić information content (AvgIpc) is 2.71. The predicted molar refractivity (Wildman–Crippen MR) is 71.5 cm³/mol. The van der Waals surface area contributed by atoms with E-state index in [0.717, 1.165) is 16.5 Å². The molecule has 6 heteroatoms. The van der Waals surface area contributed by atoms with E-state index in [1.54, 1.807) is 0 Å². The lowest BCUT2D eigenvalue weighted by Gasteiger charge is -2.22. The Bertz CT molecular complexity index is 615. The Morgan fingerprint density at radius 1 is 1.29 bits per heavy atom. The summed E-state index contributed by atoms with van der Waals surface area (Å²) < 4.78 is 0. The van der Waals surface area contributed by atoms with Crippen LogP contribution in [-0.2, 0) is 0 Å². The molecule has 2 aromatic rings. The topological polar surface area (TPSA) is 78.2 Å². The summed E-state index contributed by atoms with van der Waals surface area (Å²) in [6.45, 7) is 0. The molecule has 0 unspecified atom stereocenters. The summed E-state index contributed by atoms with van der Waals surface area (Å²) in [5.74, 6) is 0.337. The highest BCUT2D eigenvalue weighted by atomic mass is 32.1. The van der Waals surface area contributed by atoms with Crippen LogP contribution in [0.1, 0.15) is 11.7 Å². The Balaban J connectivity index is 2.09. The molecule has 1 aromatic carbocycles. The number of nitrogens with two attached hydrogens (primary N) is 1. The van der Waals surface area contributed by atoms with Gasteiger partial charge in [0.15, 0.2) is 17.2 Å². The van der Waals surface area contributed by atoms with Crippen LogP contribution in [-0.4, -0.2) is 16.1 Å². The molecule has 0 saturated heterocycles. The van der Waals surface area contributed by atoms with Crippen molar-refractivity contribution in [3.8, 4) is 0 Å². The molecule has 0 fully saturated rings. The van der Waals surface area contributed by atoms with Crippen LogP contribution in [0, 0.1) is 0 Å². The number of thiocarbonyl (C=S) groups is 1. The highest BCUT2D eigenvalue weighted by molar-refractivity contribution is 7.80. The molecule has 0 spiro atoms. The van der Waals surface area contributed by atoms with Gasteiger partial charge in [0.05, 0.1) is 0 Å². The zero-order valence-corrected chi connectivity index (χ0v) is 9.71. The Hall–Kier alpha value is -2.08. The average molecular weight is 245 g/mol. The van der Waals surface area contributed by atoms with Crippen LogP contribution in [0.5, 0.6) is 0 Å². The monoisotopic (exact) mass is 245 g/mol. The smallest absolute Gasteiger partial charge is 0.197 e. The molecule has 86 valence electrons. The van der Waals surface area contributed by atoms with E-state index in [-0.39, 0.29) is 6.17 Å². The molecule has 1 aliphatic rings. The Morgan fingerprint density at radius 2 is 2.12 bits per heavy atom. The fraction of sp³-hybridized carbons (Fsp3) is 0.0909. The van der Waals surface area contributed by atoms with Gasteiger partial charge in [-0.1, -0.05) is 18.2 Å². The molecule has 5 nitrogen and oxygen atoms in total. The molecule has 1 aliphatic heterocycles. The van der Waals surface area contributed by atoms with Gasteiger partial charge in [-0.15, -0.1) is 0 Å². The summed E-state index contributed by atoms with van der Waals surface area (Å²) in [5, 5.41) is 7.44. The Kier molecular flexibility index (Phi) is 2.22. The maximum atomic E-state index is 5.67. The van der Waals surface area contributed by atoms with Gasteiger partial charge < -0.3 is 21.4 Å². The summed E-state index contributed by atoms with van der Waals surface area (Å²) in [5.41, 5.74) is 7.77. The number of hydrogen-bond donors (Lipinski definition) is 4. The van der Waals surface area contributed by atoms with Crippen molar-refractivity contribution in [1.29, 1.82) is 0 Å². The number of aromatic nitrogens is 1. The van der Waals surface area contributed by atoms with Gasteiger partial charge in [0.1, 0.15) is 0 Å². The van der Waals surface area contributed by atoms with Gasteiger partial charge in [-0.05, 0) is 18.3 Å². The molecule has 1 atom stereocenters. The van der Waals surface area contributed by atoms with E-state index in [4.69, 9.17) is 18.0 Å². The number of para-hydroxylation sites is 1. The third-order valence-electron chi connectivity index (χ3n) is 2.69. The van der Waals surface area contributed by atoms with Crippen molar-refractivity contribution >= 4 is 34.2 Å². The van der Waals surface area contributed by atoms with Gasteiger partial charge in [0, 0.05) is 22.7 Å². The van der Waals surface area contributed by atoms with E-state index in [9.17, 15) is 0 Å². The summed E-state index contributed by atoms with van der Waals surface area (Å²) in [4.78, 5) is 7.49. The highest BCUT2D eigenvalue weighted by Gasteiger charge is 2.19. The van der Waals surface area contributed by atoms with E-state index in [1.165, 1.54) is 0 Å². The quantitative estimate of drug-likeness (QED) is 0.564. The largest absolute Gasteiger partial charge is 0.370 e. The van der Waals surface area contributed by atoms with Gasteiger partial charge in [-0.2, -0.15) is 0 Å².